The van der Waals surface area contributed by atoms with Gasteiger partial charge in [-0.15, -0.1) is 0 Å². The predicted octanol–water partition coefficient (Wildman–Crippen LogP) is 4.42. The van der Waals surface area contributed by atoms with Gasteiger partial charge in [0.25, 0.3) is 10.1 Å². The fourth-order valence-electron chi connectivity index (χ4n) is 7.30. The van der Waals surface area contributed by atoms with E-state index < -0.39 is 26.6 Å². The third kappa shape index (κ3) is 3.57. The van der Waals surface area contributed by atoms with Gasteiger partial charge in [-0.05, 0) is 80.5 Å². The van der Waals surface area contributed by atoms with Crippen LogP contribution in [0.1, 0.15) is 86.5 Å². The molecule has 0 aromatic rings. The molecule has 2 bridgehead atoms. The Bertz CT molecular complexity index is 693. The van der Waals surface area contributed by atoms with Crippen molar-refractivity contribution in [1.82, 2.24) is 5.32 Å². The Morgan fingerprint density at radius 3 is 2.18 bits per heavy atom. The molecule has 0 spiro atoms. The van der Waals surface area contributed by atoms with Gasteiger partial charge in [-0.25, -0.2) is 0 Å². The molecule has 0 radical (unpaired) electrons. The molecule has 0 amide bonds. The highest BCUT2D eigenvalue weighted by molar-refractivity contribution is 7.86. The maximum Gasteiger partial charge on any atom is 0.280 e. The molecule has 3 N–H and O–H groups in total. The number of hydrogen-bond acceptors (Lipinski definition) is 4. The van der Waals surface area contributed by atoms with Crippen LogP contribution in [0.25, 0.3) is 0 Å². The fraction of sp³-hybridized carbons (Fsp3) is 1.00. The molecule has 28 heavy (non-hydrogen) atoms. The van der Waals surface area contributed by atoms with Crippen molar-refractivity contribution in [3.63, 3.8) is 0 Å². The average Bonchev–Trinajstić information content (AvgIpc) is 2.55. The monoisotopic (exact) mass is 415 g/mol. The van der Waals surface area contributed by atoms with Gasteiger partial charge >= 0.3 is 0 Å². The fourth-order valence-corrected chi connectivity index (χ4v) is 7.65. The van der Waals surface area contributed by atoms with Gasteiger partial charge in [-0.2, -0.15) is 8.42 Å². The highest BCUT2D eigenvalue weighted by Crippen LogP contribution is 2.62. The summed E-state index contributed by atoms with van der Waals surface area (Å²) in [7, 11) is -4.25. The molecular weight excluding hydrogens is 374 g/mol. The van der Waals surface area contributed by atoms with E-state index in [2.05, 4.69) is 39.9 Å². The van der Waals surface area contributed by atoms with Crippen molar-refractivity contribution >= 4 is 10.1 Å². The minimum Gasteiger partial charge on any atom is -0.375 e. The molecule has 0 heterocycles. The predicted molar refractivity (Wildman–Crippen MR) is 112 cm³/mol. The van der Waals surface area contributed by atoms with E-state index in [-0.39, 0.29) is 0 Å². The van der Waals surface area contributed by atoms with E-state index >= 15 is 0 Å². The first-order valence-corrected chi connectivity index (χ1v) is 12.7. The Labute approximate surface area is 171 Å². The first-order valence-electron chi connectivity index (χ1n) is 11.2. The third-order valence-corrected chi connectivity index (χ3v) is 10.5. The van der Waals surface area contributed by atoms with Gasteiger partial charge in [0.15, 0.2) is 0 Å². The number of nitrogens with one attached hydrogen (secondary N) is 1. The molecule has 3 fully saturated rings. The lowest BCUT2D eigenvalue weighted by atomic mass is 9.47. The Balaban J connectivity index is 1.99. The van der Waals surface area contributed by atoms with Gasteiger partial charge in [0.05, 0.1) is 0 Å². The van der Waals surface area contributed by atoms with Crippen LogP contribution in [0.4, 0.5) is 0 Å². The number of hydrogen-bond donors (Lipinski definition) is 3. The summed E-state index contributed by atoms with van der Waals surface area (Å²) >= 11 is 0. The second-order valence-corrected chi connectivity index (χ2v) is 12.9. The van der Waals surface area contributed by atoms with Crippen LogP contribution in [0, 0.1) is 40.4 Å². The number of aliphatic hydroxyl groups is 1. The normalized spacial score (nSPS) is 47.5. The Kier molecular flexibility index (Phi) is 5.80. The summed E-state index contributed by atoms with van der Waals surface area (Å²) in [5.41, 5.74) is -1.38. The standard InChI is InChI=1S/C22H41NO4S/c1-14-7-8-17-13-19-15(2)9-12-22(24,23-16(3)28(25,26)27)21(19,6)11-10-18(14)20(17,4)5/h14-19,23-24H,7-13H2,1-6H3,(H,25,26,27)/t14-,15-,16?,17+,18+,19-,21+,22?/m1/s1. The van der Waals surface area contributed by atoms with Crippen molar-refractivity contribution in [3.05, 3.63) is 0 Å². The van der Waals surface area contributed by atoms with Crippen molar-refractivity contribution in [2.24, 2.45) is 40.4 Å². The molecule has 8 atom stereocenters. The smallest absolute Gasteiger partial charge is 0.280 e. The minimum atomic E-state index is -4.25. The molecule has 5 nitrogen and oxygen atoms in total. The van der Waals surface area contributed by atoms with E-state index in [1.165, 1.54) is 19.8 Å². The zero-order chi connectivity index (χ0) is 21.1. The lowest BCUT2D eigenvalue weighted by Crippen LogP contribution is -2.67. The van der Waals surface area contributed by atoms with Crippen LogP contribution in [0.5, 0.6) is 0 Å². The highest BCUT2D eigenvalue weighted by Gasteiger charge is 2.59. The summed E-state index contributed by atoms with van der Waals surface area (Å²) in [6.45, 7) is 13.1. The van der Waals surface area contributed by atoms with Crippen molar-refractivity contribution in [2.75, 3.05) is 0 Å². The molecule has 0 aliphatic heterocycles. The minimum absolute atomic E-state index is 0.309. The molecule has 164 valence electrons. The van der Waals surface area contributed by atoms with Crippen LogP contribution < -0.4 is 5.32 Å². The zero-order valence-electron chi connectivity index (χ0n) is 18.5. The summed E-state index contributed by atoms with van der Waals surface area (Å²) in [5.74, 6) is 2.79. The quantitative estimate of drug-likeness (QED) is 0.469. The maximum atomic E-state index is 11.8. The summed E-state index contributed by atoms with van der Waals surface area (Å²) in [6.07, 6.45) is 6.97. The van der Waals surface area contributed by atoms with Gasteiger partial charge in [-0.3, -0.25) is 9.87 Å². The Morgan fingerprint density at radius 2 is 1.57 bits per heavy atom. The average molecular weight is 416 g/mol. The van der Waals surface area contributed by atoms with E-state index in [9.17, 15) is 18.1 Å². The number of rotatable bonds is 3. The topological polar surface area (TPSA) is 86.6 Å². The van der Waals surface area contributed by atoms with Crippen LogP contribution >= 0.6 is 0 Å². The third-order valence-electron chi connectivity index (χ3n) is 9.48. The van der Waals surface area contributed by atoms with Crippen molar-refractivity contribution in [2.45, 2.75) is 97.6 Å². The molecule has 6 heteroatoms. The zero-order valence-corrected chi connectivity index (χ0v) is 19.3. The van der Waals surface area contributed by atoms with E-state index in [1.54, 1.807) is 0 Å². The van der Waals surface area contributed by atoms with E-state index in [0.29, 0.717) is 41.4 Å². The molecule has 3 aliphatic rings. The van der Waals surface area contributed by atoms with Crippen molar-refractivity contribution in [3.8, 4) is 0 Å². The van der Waals surface area contributed by atoms with Crippen LogP contribution in [-0.4, -0.2) is 29.2 Å². The van der Waals surface area contributed by atoms with E-state index in [1.807, 2.05) is 0 Å². The van der Waals surface area contributed by atoms with Gasteiger partial charge in [0.2, 0.25) is 0 Å². The first-order chi connectivity index (χ1) is 12.7. The molecule has 3 saturated carbocycles. The first kappa shape index (κ1) is 22.5. The Hall–Kier alpha value is -0.170. The van der Waals surface area contributed by atoms with Crippen molar-refractivity contribution in [1.29, 1.82) is 0 Å². The second kappa shape index (κ2) is 7.21. The summed E-state index contributed by atoms with van der Waals surface area (Å²) in [6, 6.07) is 0. The van der Waals surface area contributed by atoms with Gasteiger partial charge in [-0.1, -0.05) is 41.0 Å². The largest absolute Gasteiger partial charge is 0.375 e. The highest BCUT2D eigenvalue weighted by atomic mass is 32.2. The molecular formula is C22H41NO4S. The van der Waals surface area contributed by atoms with Crippen LogP contribution in [0.2, 0.25) is 0 Å². The molecule has 3 rings (SSSR count). The van der Waals surface area contributed by atoms with Gasteiger partial charge in [0.1, 0.15) is 11.1 Å². The molecule has 3 aliphatic carbocycles. The molecule has 0 aromatic heterocycles. The van der Waals surface area contributed by atoms with Crippen LogP contribution in [-0.2, 0) is 10.1 Å². The van der Waals surface area contributed by atoms with Crippen LogP contribution in [0.15, 0.2) is 0 Å². The van der Waals surface area contributed by atoms with Gasteiger partial charge < -0.3 is 5.11 Å². The lowest BCUT2D eigenvalue weighted by molar-refractivity contribution is -0.198. The lowest BCUT2D eigenvalue weighted by Gasteiger charge is -2.61. The summed E-state index contributed by atoms with van der Waals surface area (Å²) in [5, 5.41) is 13.5. The number of fused-ring (bicyclic) bond motifs is 3. The van der Waals surface area contributed by atoms with E-state index in [4.69, 9.17) is 0 Å². The van der Waals surface area contributed by atoms with Gasteiger partial charge in [0, 0.05) is 5.41 Å². The molecule has 2 unspecified atom stereocenters. The SMILES string of the molecule is CC(NC1(O)CC[C@@H](C)[C@H]2C[C@@H]3CC[C@@H](C)[C@H](CC[C@@]21C)C3(C)C)S(=O)(=O)O. The van der Waals surface area contributed by atoms with E-state index in [0.717, 1.165) is 25.7 Å². The second-order valence-electron chi connectivity index (χ2n) is 11.2. The summed E-state index contributed by atoms with van der Waals surface area (Å²) in [4.78, 5) is 0. The summed E-state index contributed by atoms with van der Waals surface area (Å²) < 4.78 is 32.8. The van der Waals surface area contributed by atoms with Crippen molar-refractivity contribution < 1.29 is 18.1 Å². The maximum absolute atomic E-state index is 11.8. The molecule has 0 saturated heterocycles. The molecule has 0 aromatic carbocycles. The van der Waals surface area contributed by atoms with Crippen LogP contribution in [0.3, 0.4) is 0 Å². The Morgan fingerprint density at radius 1 is 0.964 bits per heavy atom.